The largest absolute Gasteiger partial charge is 0.300 e. The zero-order valence-electron chi connectivity index (χ0n) is 15.4. The van der Waals surface area contributed by atoms with Crippen LogP contribution < -0.4 is 5.32 Å². The molecule has 1 aliphatic rings. The summed E-state index contributed by atoms with van der Waals surface area (Å²) in [5, 5.41) is 3.76. The van der Waals surface area contributed by atoms with Crippen LogP contribution >= 0.6 is 12.6 Å². The van der Waals surface area contributed by atoms with Crippen LogP contribution in [0.25, 0.3) is 0 Å². The zero-order valence-corrected chi connectivity index (χ0v) is 17.1. The first kappa shape index (κ1) is 19.5. The first-order chi connectivity index (χ1) is 12.4. The minimum absolute atomic E-state index is 0.129. The van der Waals surface area contributed by atoms with Gasteiger partial charge in [0.2, 0.25) is 0 Å². The van der Waals surface area contributed by atoms with E-state index in [0.717, 1.165) is 36.8 Å². The molecule has 0 spiro atoms. The molecule has 2 atom stereocenters. The third-order valence-corrected chi connectivity index (χ3v) is 7.61. The fraction of sp³-hybridized carbons (Fsp3) is 0.429. The Morgan fingerprint density at radius 1 is 1.15 bits per heavy atom. The summed E-state index contributed by atoms with van der Waals surface area (Å²) in [6.45, 7) is 4.23. The Labute approximate surface area is 162 Å². The van der Waals surface area contributed by atoms with Gasteiger partial charge in [-0.1, -0.05) is 63.1 Å². The zero-order chi connectivity index (χ0) is 18.8. The summed E-state index contributed by atoms with van der Waals surface area (Å²) in [4.78, 5) is 1.09. The van der Waals surface area contributed by atoms with Gasteiger partial charge in [0, 0.05) is 10.4 Å². The lowest BCUT2D eigenvalue weighted by Crippen LogP contribution is -2.50. The van der Waals surface area contributed by atoms with Crippen molar-refractivity contribution < 1.29 is 8.42 Å². The van der Waals surface area contributed by atoms with Gasteiger partial charge in [-0.3, -0.25) is 5.32 Å². The molecule has 3 rings (SSSR count). The van der Waals surface area contributed by atoms with E-state index in [4.69, 9.17) is 0 Å². The minimum atomic E-state index is -3.40. The molecular weight excluding hydrogens is 362 g/mol. The second-order valence-corrected chi connectivity index (χ2v) is 9.68. The molecular formula is C21H27NO2S2. The van der Waals surface area contributed by atoms with Gasteiger partial charge in [0.05, 0.1) is 16.7 Å². The third kappa shape index (κ3) is 3.85. The highest BCUT2D eigenvalue weighted by Gasteiger charge is 2.41. The lowest BCUT2D eigenvalue weighted by molar-refractivity contribution is 0.295. The van der Waals surface area contributed by atoms with Crippen LogP contribution in [0.1, 0.15) is 56.7 Å². The Bertz CT molecular complexity index is 865. The fourth-order valence-electron chi connectivity index (χ4n) is 3.85. The van der Waals surface area contributed by atoms with Crippen LogP contribution in [-0.4, -0.2) is 19.7 Å². The van der Waals surface area contributed by atoms with E-state index in [1.165, 1.54) is 0 Å². The molecule has 0 amide bonds. The Morgan fingerprint density at radius 2 is 1.88 bits per heavy atom. The molecule has 0 aromatic heterocycles. The molecule has 2 aromatic rings. The van der Waals surface area contributed by atoms with Crippen molar-refractivity contribution in [1.29, 1.82) is 0 Å². The van der Waals surface area contributed by atoms with Crippen LogP contribution in [0.5, 0.6) is 0 Å². The van der Waals surface area contributed by atoms with Crippen molar-refractivity contribution in [3.63, 3.8) is 0 Å². The van der Waals surface area contributed by atoms with Gasteiger partial charge in [-0.15, -0.1) is 12.6 Å². The van der Waals surface area contributed by atoms with Crippen molar-refractivity contribution >= 4 is 22.5 Å². The van der Waals surface area contributed by atoms with Gasteiger partial charge in [0.15, 0.2) is 9.84 Å². The molecule has 140 valence electrons. The maximum atomic E-state index is 13.3. The summed E-state index contributed by atoms with van der Waals surface area (Å²) in [5.41, 5.74) is 1.48. The van der Waals surface area contributed by atoms with Crippen LogP contribution in [0.4, 0.5) is 0 Å². The van der Waals surface area contributed by atoms with Crippen LogP contribution in [0, 0.1) is 0 Å². The van der Waals surface area contributed by atoms with Crippen LogP contribution in [-0.2, 0) is 9.84 Å². The van der Waals surface area contributed by atoms with Crippen molar-refractivity contribution in [3.05, 3.63) is 59.7 Å². The molecule has 0 aliphatic carbocycles. The second-order valence-electron chi connectivity index (χ2n) is 7.21. The number of rotatable bonds is 5. The van der Waals surface area contributed by atoms with E-state index in [1.54, 1.807) is 6.07 Å². The number of hydrogen-bond donors (Lipinski definition) is 2. The van der Waals surface area contributed by atoms with E-state index < -0.39 is 15.4 Å². The van der Waals surface area contributed by atoms with E-state index in [-0.39, 0.29) is 11.8 Å². The maximum Gasteiger partial charge on any atom is 0.180 e. The number of thiol groups is 1. The Kier molecular flexibility index (Phi) is 5.80. The number of benzene rings is 2. The first-order valence-corrected chi connectivity index (χ1v) is 11.4. The van der Waals surface area contributed by atoms with Gasteiger partial charge in [0.1, 0.15) is 0 Å². The molecule has 26 heavy (non-hydrogen) atoms. The molecule has 0 bridgehead atoms. The molecule has 3 nitrogen and oxygen atoms in total. The number of hydrogen-bond acceptors (Lipinski definition) is 4. The highest BCUT2D eigenvalue weighted by atomic mass is 32.2. The SMILES string of the molecule is CCCC[C@@]1(CC)CS(=O)(=O)c2cc(S)ccc2[C@H](c2ccccc2)N1. The smallest absolute Gasteiger partial charge is 0.180 e. The minimum Gasteiger partial charge on any atom is -0.300 e. The van der Waals surface area contributed by atoms with Crippen molar-refractivity contribution in [3.8, 4) is 0 Å². The number of unbranched alkanes of at least 4 members (excludes halogenated alkanes) is 1. The van der Waals surface area contributed by atoms with Gasteiger partial charge >= 0.3 is 0 Å². The molecule has 0 unspecified atom stereocenters. The summed E-state index contributed by atoms with van der Waals surface area (Å²) in [7, 11) is -3.40. The molecule has 0 saturated carbocycles. The lowest BCUT2D eigenvalue weighted by atomic mass is 9.88. The molecule has 1 heterocycles. The highest BCUT2D eigenvalue weighted by molar-refractivity contribution is 7.91. The topological polar surface area (TPSA) is 46.2 Å². The van der Waals surface area contributed by atoms with Crippen molar-refractivity contribution in [2.24, 2.45) is 0 Å². The number of fused-ring (bicyclic) bond motifs is 1. The fourth-order valence-corrected chi connectivity index (χ4v) is 6.30. The molecule has 5 heteroatoms. The standard InChI is InChI=1S/C21H27NO2S2/c1-3-5-13-21(4-2)15-26(23,24)19-14-17(25)11-12-18(19)20(22-21)16-9-7-6-8-10-16/h6-12,14,20,22,25H,3-5,13,15H2,1-2H3/t20-,21-/m0/s1. The number of sulfone groups is 1. The van der Waals surface area contributed by atoms with Crippen LogP contribution in [0.3, 0.4) is 0 Å². The van der Waals surface area contributed by atoms with E-state index >= 15 is 0 Å². The predicted octanol–water partition coefficient (Wildman–Crippen LogP) is 4.78. The average molecular weight is 390 g/mol. The monoisotopic (exact) mass is 389 g/mol. The normalized spacial score (nSPS) is 24.7. The van der Waals surface area contributed by atoms with Gasteiger partial charge in [-0.05, 0) is 36.1 Å². The average Bonchev–Trinajstić information content (AvgIpc) is 2.74. The molecule has 0 fully saturated rings. The summed E-state index contributed by atoms with van der Waals surface area (Å²) < 4.78 is 26.6. The summed E-state index contributed by atoms with van der Waals surface area (Å²) >= 11 is 4.39. The summed E-state index contributed by atoms with van der Waals surface area (Å²) in [6.07, 6.45) is 3.68. The molecule has 1 N–H and O–H groups in total. The first-order valence-electron chi connectivity index (χ1n) is 9.29. The van der Waals surface area contributed by atoms with Crippen molar-refractivity contribution in [2.45, 2.75) is 60.9 Å². The van der Waals surface area contributed by atoms with E-state index in [2.05, 4.69) is 43.9 Å². The Morgan fingerprint density at radius 3 is 2.54 bits per heavy atom. The van der Waals surface area contributed by atoms with E-state index in [0.29, 0.717) is 9.79 Å². The number of nitrogens with one attached hydrogen (secondary N) is 1. The lowest BCUT2D eigenvalue weighted by Gasteiger charge is -2.35. The van der Waals surface area contributed by atoms with Gasteiger partial charge in [-0.25, -0.2) is 8.42 Å². The molecule has 0 saturated heterocycles. The van der Waals surface area contributed by atoms with Crippen LogP contribution in [0.2, 0.25) is 0 Å². The molecule has 0 radical (unpaired) electrons. The van der Waals surface area contributed by atoms with E-state index in [1.807, 2.05) is 30.3 Å². The van der Waals surface area contributed by atoms with Gasteiger partial charge in [0.25, 0.3) is 0 Å². The quantitative estimate of drug-likeness (QED) is 0.724. The van der Waals surface area contributed by atoms with Crippen molar-refractivity contribution in [2.75, 3.05) is 5.75 Å². The predicted molar refractivity (Wildman–Crippen MR) is 110 cm³/mol. The highest BCUT2D eigenvalue weighted by Crippen LogP contribution is 2.38. The van der Waals surface area contributed by atoms with Gasteiger partial charge < -0.3 is 0 Å². The Hall–Kier alpha value is -1.30. The Balaban J connectivity index is 2.20. The summed E-state index contributed by atoms with van der Waals surface area (Å²) in [6, 6.07) is 15.5. The second kappa shape index (κ2) is 7.75. The summed E-state index contributed by atoms with van der Waals surface area (Å²) in [5.74, 6) is 0.129. The van der Waals surface area contributed by atoms with Crippen molar-refractivity contribution in [1.82, 2.24) is 5.32 Å². The molecule has 1 aliphatic heterocycles. The third-order valence-electron chi connectivity index (χ3n) is 5.38. The molecule has 2 aromatic carbocycles. The van der Waals surface area contributed by atoms with Gasteiger partial charge in [-0.2, -0.15) is 0 Å². The van der Waals surface area contributed by atoms with Crippen LogP contribution in [0.15, 0.2) is 58.3 Å². The van der Waals surface area contributed by atoms with E-state index in [9.17, 15) is 8.42 Å². The maximum absolute atomic E-state index is 13.3.